The van der Waals surface area contributed by atoms with E-state index in [9.17, 15) is 0 Å². The molecule has 3 rings (SSSR count). The first-order valence-corrected chi connectivity index (χ1v) is 9.74. The maximum absolute atomic E-state index is 5.62. The molecule has 140 valence electrons. The molecule has 25 heavy (non-hydrogen) atoms. The summed E-state index contributed by atoms with van der Waals surface area (Å²) in [5.74, 6) is 2.50. The molecule has 0 aliphatic carbocycles. The van der Waals surface area contributed by atoms with Crippen LogP contribution in [0.1, 0.15) is 43.6 Å². The van der Waals surface area contributed by atoms with Gasteiger partial charge in [0.15, 0.2) is 0 Å². The number of ether oxygens (including phenoxy) is 2. The van der Waals surface area contributed by atoms with Gasteiger partial charge in [-0.05, 0) is 39.3 Å². The summed E-state index contributed by atoms with van der Waals surface area (Å²) in [5, 5.41) is 0. The number of likely N-dealkylation sites (tertiary alicyclic amines) is 1. The Labute approximate surface area is 151 Å². The molecular weight excluding hydrogens is 316 g/mol. The van der Waals surface area contributed by atoms with E-state index in [1.165, 1.54) is 18.5 Å². The number of anilines is 1. The van der Waals surface area contributed by atoms with Crippen molar-refractivity contribution in [3.05, 3.63) is 17.6 Å². The van der Waals surface area contributed by atoms with Gasteiger partial charge < -0.3 is 19.3 Å². The SMILES string of the molecule is CCCOCCN1CCC(c2cc(N3CCOCC3)nc(C)n2)CC1. The summed E-state index contributed by atoms with van der Waals surface area (Å²) in [7, 11) is 0. The number of nitrogens with zero attached hydrogens (tertiary/aromatic N) is 4. The minimum Gasteiger partial charge on any atom is -0.380 e. The second-order valence-electron chi connectivity index (χ2n) is 7.03. The summed E-state index contributed by atoms with van der Waals surface area (Å²) < 4.78 is 11.1. The van der Waals surface area contributed by atoms with Crippen molar-refractivity contribution in [2.24, 2.45) is 0 Å². The fraction of sp³-hybridized carbons (Fsp3) is 0.789. The van der Waals surface area contributed by atoms with E-state index < -0.39 is 0 Å². The van der Waals surface area contributed by atoms with Gasteiger partial charge in [0.25, 0.3) is 0 Å². The summed E-state index contributed by atoms with van der Waals surface area (Å²) in [5.41, 5.74) is 1.22. The topological polar surface area (TPSA) is 50.7 Å². The lowest BCUT2D eigenvalue weighted by atomic mass is 9.93. The predicted molar refractivity (Wildman–Crippen MR) is 99.3 cm³/mol. The second kappa shape index (κ2) is 9.46. The van der Waals surface area contributed by atoms with Gasteiger partial charge in [-0.3, -0.25) is 0 Å². The maximum atomic E-state index is 5.62. The van der Waals surface area contributed by atoms with Crippen LogP contribution in [0.4, 0.5) is 5.82 Å². The maximum Gasteiger partial charge on any atom is 0.132 e. The quantitative estimate of drug-likeness (QED) is 0.704. The molecule has 1 aromatic heterocycles. The minimum atomic E-state index is 0.550. The number of rotatable bonds is 7. The summed E-state index contributed by atoms with van der Waals surface area (Å²) in [6, 6.07) is 2.21. The molecule has 2 fully saturated rings. The van der Waals surface area contributed by atoms with Crippen molar-refractivity contribution in [2.75, 3.05) is 64.1 Å². The van der Waals surface area contributed by atoms with Crippen LogP contribution in [0, 0.1) is 6.92 Å². The molecule has 2 aliphatic rings. The highest BCUT2D eigenvalue weighted by atomic mass is 16.5. The zero-order chi connectivity index (χ0) is 17.5. The lowest BCUT2D eigenvalue weighted by Crippen LogP contribution is -2.37. The van der Waals surface area contributed by atoms with Crippen LogP contribution in [-0.2, 0) is 9.47 Å². The normalized spacial score (nSPS) is 20.2. The number of aromatic nitrogens is 2. The minimum absolute atomic E-state index is 0.550. The molecule has 2 saturated heterocycles. The first kappa shape index (κ1) is 18.5. The fourth-order valence-corrected chi connectivity index (χ4v) is 3.63. The zero-order valence-corrected chi connectivity index (χ0v) is 15.7. The number of aryl methyl sites for hydroxylation is 1. The van der Waals surface area contributed by atoms with Crippen molar-refractivity contribution in [2.45, 2.75) is 39.0 Å². The van der Waals surface area contributed by atoms with Crippen molar-refractivity contribution in [1.82, 2.24) is 14.9 Å². The van der Waals surface area contributed by atoms with Gasteiger partial charge in [-0.1, -0.05) is 6.92 Å². The van der Waals surface area contributed by atoms with Crippen LogP contribution in [0.2, 0.25) is 0 Å². The van der Waals surface area contributed by atoms with E-state index in [-0.39, 0.29) is 0 Å². The Morgan fingerprint density at radius 1 is 1.12 bits per heavy atom. The van der Waals surface area contributed by atoms with Gasteiger partial charge in [0.2, 0.25) is 0 Å². The molecule has 6 heteroatoms. The van der Waals surface area contributed by atoms with Gasteiger partial charge in [-0.15, -0.1) is 0 Å². The average Bonchev–Trinajstić information content (AvgIpc) is 2.66. The Kier molecular flexibility index (Phi) is 7.02. The van der Waals surface area contributed by atoms with E-state index >= 15 is 0 Å². The molecule has 0 unspecified atom stereocenters. The highest BCUT2D eigenvalue weighted by Crippen LogP contribution is 2.28. The van der Waals surface area contributed by atoms with Gasteiger partial charge in [-0.25, -0.2) is 9.97 Å². The van der Waals surface area contributed by atoms with Crippen LogP contribution in [0.5, 0.6) is 0 Å². The van der Waals surface area contributed by atoms with E-state index in [1.54, 1.807) is 0 Å². The molecule has 0 atom stereocenters. The van der Waals surface area contributed by atoms with E-state index in [2.05, 4.69) is 27.8 Å². The number of hydrogen-bond donors (Lipinski definition) is 0. The van der Waals surface area contributed by atoms with Crippen LogP contribution in [-0.4, -0.2) is 74.0 Å². The fourth-order valence-electron chi connectivity index (χ4n) is 3.63. The number of hydrogen-bond acceptors (Lipinski definition) is 6. The van der Waals surface area contributed by atoms with Crippen LogP contribution in [0.15, 0.2) is 6.07 Å². The molecule has 0 spiro atoms. The van der Waals surface area contributed by atoms with Gasteiger partial charge in [0.1, 0.15) is 11.6 Å². The molecule has 0 amide bonds. The number of piperidine rings is 1. The Hall–Kier alpha value is -1.24. The average molecular weight is 348 g/mol. The summed E-state index contributed by atoms with van der Waals surface area (Å²) in [6.07, 6.45) is 3.44. The van der Waals surface area contributed by atoms with E-state index in [0.29, 0.717) is 5.92 Å². The molecular formula is C19H32N4O2. The first-order chi connectivity index (χ1) is 12.3. The zero-order valence-electron chi connectivity index (χ0n) is 15.7. The Morgan fingerprint density at radius 2 is 1.88 bits per heavy atom. The smallest absolute Gasteiger partial charge is 0.132 e. The van der Waals surface area contributed by atoms with Crippen molar-refractivity contribution in [3.8, 4) is 0 Å². The third-order valence-electron chi connectivity index (χ3n) is 5.09. The molecule has 3 heterocycles. The van der Waals surface area contributed by atoms with Crippen LogP contribution >= 0.6 is 0 Å². The Bertz CT molecular complexity index is 526. The molecule has 6 nitrogen and oxygen atoms in total. The van der Waals surface area contributed by atoms with E-state index in [0.717, 1.165) is 77.2 Å². The molecule has 2 aliphatic heterocycles. The van der Waals surface area contributed by atoms with Crippen molar-refractivity contribution in [1.29, 1.82) is 0 Å². The Morgan fingerprint density at radius 3 is 2.60 bits per heavy atom. The largest absolute Gasteiger partial charge is 0.380 e. The molecule has 0 aromatic carbocycles. The molecule has 0 radical (unpaired) electrons. The van der Waals surface area contributed by atoms with Crippen LogP contribution in [0.3, 0.4) is 0 Å². The second-order valence-corrected chi connectivity index (χ2v) is 7.03. The standard InChI is InChI=1S/C19H32N4O2/c1-3-11-24-12-8-22-6-4-17(5-7-22)18-15-19(21-16(2)20-18)23-9-13-25-14-10-23/h15,17H,3-14H2,1-2H3. The molecule has 0 saturated carbocycles. The van der Waals surface area contributed by atoms with Crippen molar-refractivity contribution < 1.29 is 9.47 Å². The summed E-state index contributed by atoms with van der Waals surface area (Å²) in [6.45, 7) is 12.6. The highest BCUT2D eigenvalue weighted by molar-refractivity contribution is 5.41. The van der Waals surface area contributed by atoms with Crippen molar-refractivity contribution in [3.63, 3.8) is 0 Å². The van der Waals surface area contributed by atoms with Gasteiger partial charge >= 0.3 is 0 Å². The first-order valence-electron chi connectivity index (χ1n) is 9.74. The lowest BCUT2D eigenvalue weighted by molar-refractivity contribution is 0.0940. The summed E-state index contributed by atoms with van der Waals surface area (Å²) >= 11 is 0. The van der Waals surface area contributed by atoms with Gasteiger partial charge in [0, 0.05) is 43.9 Å². The van der Waals surface area contributed by atoms with Gasteiger partial charge in [-0.2, -0.15) is 0 Å². The van der Waals surface area contributed by atoms with Crippen LogP contribution < -0.4 is 4.90 Å². The highest BCUT2D eigenvalue weighted by Gasteiger charge is 2.23. The third-order valence-corrected chi connectivity index (χ3v) is 5.09. The molecule has 1 aromatic rings. The van der Waals surface area contributed by atoms with Gasteiger partial charge in [0.05, 0.1) is 19.8 Å². The summed E-state index contributed by atoms with van der Waals surface area (Å²) in [4.78, 5) is 14.2. The molecule has 0 bridgehead atoms. The molecule has 0 N–H and O–H groups in total. The lowest BCUT2D eigenvalue weighted by Gasteiger charge is -2.32. The van der Waals surface area contributed by atoms with E-state index in [4.69, 9.17) is 14.5 Å². The third kappa shape index (κ3) is 5.36. The number of morpholine rings is 1. The predicted octanol–water partition coefficient (Wildman–Crippen LogP) is 2.23. The van der Waals surface area contributed by atoms with Crippen molar-refractivity contribution >= 4 is 5.82 Å². The van der Waals surface area contributed by atoms with E-state index in [1.807, 2.05) is 6.92 Å². The monoisotopic (exact) mass is 348 g/mol. The van der Waals surface area contributed by atoms with Crippen LogP contribution in [0.25, 0.3) is 0 Å². The Balaban J connectivity index is 1.55.